The van der Waals surface area contributed by atoms with E-state index in [4.69, 9.17) is 4.74 Å². The van der Waals surface area contributed by atoms with E-state index in [9.17, 15) is 22.4 Å². The number of alkyl halides is 3. The number of hydrogen-bond donors (Lipinski definition) is 1. The molecule has 20 heavy (non-hydrogen) atoms. The van der Waals surface area contributed by atoms with Gasteiger partial charge < -0.3 is 10.1 Å². The summed E-state index contributed by atoms with van der Waals surface area (Å²) in [4.78, 5) is 11.3. The molecule has 1 aliphatic rings. The zero-order chi connectivity index (χ0) is 15.1. The maximum Gasteiger partial charge on any atom is 0.419 e. The minimum atomic E-state index is -4.78. The normalized spacial score (nSPS) is 22.1. The molecule has 1 aromatic rings. The third-order valence-corrected chi connectivity index (χ3v) is 3.25. The van der Waals surface area contributed by atoms with Gasteiger partial charge in [-0.15, -0.1) is 0 Å². The van der Waals surface area contributed by atoms with Gasteiger partial charge in [-0.1, -0.05) is 19.9 Å². The van der Waals surface area contributed by atoms with Crippen molar-refractivity contribution >= 4 is 6.09 Å². The van der Waals surface area contributed by atoms with Gasteiger partial charge in [0, 0.05) is 5.41 Å². The summed E-state index contributed by atoms with van der Waals surface area (Å²) in [5, 5.41) is 2.47. The average Bonchev–Trinajstić information content (AvgIpc) is 2.32. The Balaban J connectivity index is 2.44. The number of cyclic esters (lactones) is 1. The summed E-state index contributed by atoms with van der Waals surface area (Å²) in [6, 6.07) is 2.05. The van der Waals surface area contributed by atoms with Crippen LogP contribution in [0.4, 0.5) is 22.4 Å². The molecule has 1 fully saturated rings. The molecule has 0 saturated carbocycles. The molecule has 1 aliphatic heterocycles. The van der Waals surface area contributed by atoms with Crippen LogP contribution in [0.15, 0.2) is 18.2 Å². The first-order valence-corrected chi connectivity index (χ1v) is 5.91. The van der Waals surface area contributed by atoms with Gasteiger partial charge >= 0.3 is 12.3 Å². The Kier molecular flexibility index (Phi) is 3.39. The van der Waals surface area contributed by atoms with Crippen LogP contribution in [0.25, 0.3) is 0 Å². The minimum absolute atomic E-state index is 0.0717. The molecule has 1 aromatic carbocycles. The number of halogens is 4. The SMILES string of the molecule is CC1(C)COC(=O)N[C@@H]1c1ccc(F)c(C(F)(F)F)c1. The maximum absolute atomic E-state index is 13.3. The van der Waals surface area contributed by atoms with Gasteiger partial charge in [0.15, 0.2) is 0 Å². The van der Waals surface area contributed by atoms with E-state index in [1.807, 2.05) is 0 Å². The lowest BCUT2D eigenvalue weighted by Gasteiger charge is -2.38. The van der Waals surface area contributed by atoms with Crippen LogP contribution in [-0.2, 0) is 10.9 Å². The van der Waals surface area contributed by atoms with E-state index in [1.165, 1.54) is 6.07 Å². The van der Waals surface area contributed by atoms with E-state index in [-0.39, 0.29) is 12.2 Å². The number of carbonyl (C=O) groups is 1. The van der Waals surface area contributed by atoms with Crippen LogP contribution < -0.4 is 5.32 Å². The van der Waals surface area contributed by atoms with Gasteiger partial charge in [0.25, 0.3) is 0 Å². The quantitative estimate of drug-likeness (QED) is 0.802. The molecule has 0 aliphatic carbocycles. The third kappa shape index (κ3) is 2.71. The molecule has 0 bridgehead atoms. The zero-order valence-corrected chi connectivity index (χ0v) is 10.8. The highest BCUT2D eigenvalue weighted by atomic mass is 19.4. The number of rotatable bonds is 1. The first-order valence-electron chi connectivity index (χ1n) is 5.91. The molecule has 1 heterocycles. The Morgan fingerprint density at radius 2 is 2.00 bits per heavy atom. The summed E-state index contributed by atoms with van der Waals surface area (Å²) in [5.74, 6) is -1.34. The molecular formula is C13H13F4NO2. The highest BCUT2D eigenvalue weighted by molar-refractivity contribution is 5.69. The number of alkyl carbamates (subject to hydrolysis) is 1. The fourth-order valence-electron chi connectivity index (χ4n) is 2.16. The van der Waals surface area contributed by atoms with Gasteiger partial charge in [0.1, 0.15) is 12.4 Å². The van der Waals surface area contributed by atoms with Crippen molar-refractivity contribution in [1.29, 1.82) is 0 Å². The monoisotopic (exact) mass is 291 g/mol. The molecule has 0 aromatic heterocycles. The lowest BCUT2D eigenvalue weighted by Crippen LogP contribution is -2.47. The lowest BCUT2D eigenvalue weighted by atomic mass is 9.80. The fraction of sp³-hybridized carbons (Fsp3) is 0.462. The number of hydrogen-bond acceptors (Lipinski definition) is 2. The summed E-state index contributed by atoms with van der Waals surface area (Å²) in [5.41, 5.74) is -1.75. The van der Waals surface area contributed by atoms with Crippen molar-refractivity contribution in [2.24, 2.45) is 5.41 Å². The summed E-state index contributed by atoms with van der Waals surface area (Å²) in [6.07, 6.45) is -5.48. The van der Waals surface area contributed by atoms with E-state index in [0.717, 1.165) is 12.1 Å². The molecule has 7 heteroatoms. The van der Waals surface area contributed by atoms with Gasteiger partial charge in [-0.3, -0.25) is 0 Å². The molecule has 0 spiro atoms. The Morgan fingerprint density at radius 1 is 1.35 bits per heavy atom. The van der Waals surface area contributed by atoms with E-state index < -0.39 is 35.1 Å². The number of carbonyl (C=O) groups excluding carboxylic acids is 1. The van der Waals surface area contributed by atoms with E-state index >= 15 is 0 Å². The summed E-state index contributed by atoms with van der Waals surface area (Å²) in [7, 11) is 0. The molecule has 0 unspecified atom stereocenters. The van der Waals surface area contributed by atoms with Crippen molar-refractivity contribution in [1.82, 2.24) is 5.32 Å². The maximum atomic E-state index is 13.3. The predicted molar refractivity (Wildman–Crippen MR) is 62.4 cm³/mol. The van der Waals surface area contributed by atoms with Gasteiger partial charge in [0.05, 0.1) is 11.6 Å². The third-order valence-electron chi connectivity index (χ3n) is 3.25. The van der Waals surface area contributed by atoms with Gasteiger partial charge in [-0.25, -0.2) is 9.18 Å². The highest BCUT2D eigenvalue weighted by Gasteiger charge is 2.40. The second-order valence-corrected chi connectivity index (χ2v) is 5.38. The van der Waals surface area contributed by atoms with Crippen LogP contribution in [-0.4, -0.2) is 12.7 Å². The number of amides is 1. The molecule has 110 valence electrons. The highest BCUT2D eigenvalue weighted by Crippen LogP contribution is 2.39. The van der Waals surface area contributed by atoms with E-state index in [1.54, 1.807) is 13.8 Å². The molecule has 0 radical (unpaired) electrons. The Bertz CT molecular complexity index is 540. The van der Waals surface area contributed by atoms with Crippen molar-refractivity contribution < 1.29 is 27.1 Å². The zero-order valence-electron chi connectivity index (χ0n) is 10.8. The number of nitrogens with one attached hydrogen (secondary N) is 1. The molecule has 3 nitrogen and oxygen atoms in total. The second-order valence-electron chi connectivity index (χ2n) is 5.38. The first kappa shape index (κ1) is 14.6. The fourth-order valence-corrected chi connectivity index (χ4v) is 2.16. The van der Waals surface area contributed by atoms with Crippen molar-refractivity contribution in [3.8, 4) is 0 Å². The van der Waals surface area contributed by atoms with Gasteiger partial charge in [-0.05, 0) is 17.7 Å². The first-order chi connectivity index (χ1) is 9.11. The molecule has 1 saturated heterocycles. The summed E-state index contributed by atoms with van der Waals surface area (Å²) in [6.45, 7) is 3.56. The van der Waals surface area contributed by atoms with Crippen LogP contribution in [0.1, 0.15) is 31.0 Å². The summed E-state index contributed by atoms with van der Waals surface area (Å²) < 4.78 is 56.2. The van der Waals surface area contributed by atoms with E-state index in [0.29, 0.717) is 0 Å². The largest absolute Gasteiger partial charge is 0.449 e. The molecule has 1 N–H and O–H groups in total. The van der Waals surface area contributed by atoms with Crippen LogP contribution in [0.5, 0.6) is 0 Å². The molecule has 1 atom stereocenters. The second kappa shape index (κ2) is 4.64. The predicted octanol–water partition coefficient (Wildman–Crippen LogP) is 3.65. The number of benzene rings is 1. The Morgan fingerprint density at radius 3 is 2.60 bits per heavy atom. The minimum Gasteiger partial charge on any atom is -0.449 e. The standard InChI is InChI=1S/C13H13F4NO2/c1-12(2)6-20-11(19)18-10(12)7-3-4-9(14)8(5-7)13(15,16)17/h3-5,10H,6H2,1-2H3,(H,18,19)/t10-/m1/s1. The summed E-state index contributed by atoms with van der Waals surface area (Å²) >= 11 is 0. The van der Waals surface area contributed by atoms with E-state index in [2.05, 4.69) is 5.32 Å². The Hall–Kier alpha value is -1.79. The smallest absolute Gasteiger partial charge is 0.419 e. The van der Waals surface area contributed by atoms with Crippen LogP contribution >= 0.6 is 0 Å². The molecule has 1 amide bonds. The van der Waals surface area contributed by atoms with Crippen LogP contribution in [0, 0.1) is 11.2 Å². The van der Waals surface area contributed by atoms with Crippen molar-refractivity contribution in [2.45, 2.75) is 26.1 Å². The van der Waals surface area contributed by atoms with Gasteiger partial charge in [-0.2, -0.15) is 13.2 Å². The molecular weight excluding hydrogens is 278 g/mol. The van der Waals surface area contributed by atoms with Gasteiger partial charge in [0.2, 0.25) is 0 Å². The average molecular weight is 291 g/mol. The van der Waals surface area contributed by atoms with Crippen LogP contribution in [0.2, 0.25) is 0 Å². The lowest BCUT2D eigenvalue weighted by molar-refractivity contribution is -0.140. The Labute approximate surface area is 112 Å². The topological polar surface area (TPSA) is 38.3 Å². The molecule has 2 rings (SSSR count). The van der Waals surface area contributed by atoms with Crippen molar-refractivity contribution in [3.63, 3.8) is 0 Å². The van der Waals surface area contributed by atoms with Crippen molar-refractivity contribution in [2.75, 3.05) is 6.61 Å². The number of ether oxygens (including phenoxy) is 1. The van der Waals surface area contributed by atoms with Crippen LogP contribution in [0.3, 0.4) is 0 Å². The van der Waals surface area contributed by atoms with Crippen molar-refractivity contribution in [3.05, 3.63) is 35.1 Å².